The second-order valence-electron chi connectivity index (χ2n) is 2.88. The zero-order chi connectivity index (χ0) is 10.6. The molecule has 1 aromatic rings. The number of anilines is 2. The Kier molecular flexibility index (Phi) is 3.07. The Hall–Kier alpha value is -2.03. The lowest BCUT2D eigenvalue weighted by Crippen LogP contribution is -2.11. The third kappa shape index (κ3) is 2.48. The molecule has 1 rings (SSSR count). The smallest absolute Gasteiger partial charge is 0.239 e. The first kappa shape index (κ1) is 10.1. The number of aromatic hydroxyl groups is 1. The van der Waals surface area contributed by atoms with E-state index in [9.17, 15) is 0 Å². The lowest BCUT2D eigenvalue weighted by Gasteiger charge is -2.05. The van der Waals surface area contributed by atoms with Gasteiger partial charge >= 0.3 is 0 Å². The number of nitrogens with two attached hydrogens (primary N) is 1. The van der Waals surface area contributed by atoms with E-state index in [1.165, 1.54) is 6.20 Å². The van der Waals surface area contributed by atoms with Crippen LogP contribution in [-0.4, -0.2) is 21.6 Å². The van der Waals surface area contributed by atoms with Gasteiger partial charge in [0.15, 0.2) is 0 Å². The van der Waals surface area contributed by atoms with Gasteiger partial charge in [0.1, 0.15) is 5.69 Å². The minimum Gasteiger partial charge on any atom is -0.492 e. The van der Waals surface area contributed by atoms with E-state index < -0.39 is 0 Å². The van der Waals surface area contributed by atoms with Crippen molar-refractivity contribution in [1.29, 1.82) is 5.26 Å². The second kappa shape index (κ2) is 4.28. The Morgan fingerprint density at radius 2 is 2.50 bits per heavy atom. The Bertz CT molecular complexity index is 359. The SMILES string of the molecule is CC(C#N)CNc1ncc(N)c(O)n1. The maximum atomic E-state index is 9.14. The quantitative estimate of drug-likeness (QED) is 0.638. The molecule has 4 N–H and O–H groups in total. The molecule has 0 aromatic carbocycles. The van der Waals surface area contributed by atoms with E-state index in [-0.39, 0.29) is 23.4 Å². The van der Waals surface area contributed by atoms with Crippen molar-refractivity contribution in [2.45, 2.75) is 6.92 Å². The Balaban J connectivity index is 2.61. The molecule has 74 valence electrons. The van der Waals surface area contributed by atoms with Crippen LogP contribution in [0.25, 0.3) is 0 Å². The zero-order valence-electron chi connectivity index (χ0n) is 7.73. The van der Waals surface area contributed by atoms with Gasteiger partial charge in [0.2, 0.25) is 11.8 Å². The van der Waals surface area contributed by atoms with Crippen molar-refractivity contribution in [3.8, 4) is 11.9 Å². The molecular weight excluding hydrogens is 182 g/mol. The molecule has 1 heterocycles. The lowest BCUT2D eigenvalue weighted by atomic mass is 10.2. The number of nitriles is 1. The minimum absolute atomic E-state index is 0.129. The molecule has 0 fully saturated rings. The molecule has 0 aliphatic carbocycles. The molecule has 1 unspecified atom stereocenters. The van der Waals surface area contributed by atoms with Crippen molar-refractivity contribution in [3.63, 3.8) is 0 Å². The van der Waals surface area contributed by atoms with E-state index >= 15 is 0 Å². The van der Waals surface area contributed by atoms with Gasteiger partial charge in [-0.2, -0.15) is 10.2 Å². The lowest BCUT2D eigenvalue weighted by molar-refractivity contribution is 0.455. The van der Waals surface area contributed by atoms with Gasteiger partial charge in [-0.15, -0.1) is 0 Å². The van der Waals surface area contributed by atoms with Gasteiger partial charge < -0.3 is 16.2 Å². The van der Waals surface area contributed by atoms with Crippen LogP contribution in [0.3, 0.4) is 0 Å². The molecule has 1 atom stereocenters. The van der Waals surface area contributed by atoms with E-state index in [2.05, 4.69) is 21.4 Å². The maximum absolute atomic E-state index is 9.14. The third-order valence-electron chi connectivity index (χ3n) is 1.58. The van der Waals surface area contributed by atoms with Crippen LogP contribution in [-0.2, 0) is 0 Å². The fraction of sp³-hybridized carbons (Fsp3) is 0.375. The summed E-state index contributed by atoms with van der Waals surface area (Å²) in [5, 5.41) is 20.5. The molecule has 0 aliphatic heterocycles. The van der Waals surface area contributed by atoms with Crippen LogP contribution in [0.4, 0.5) is 11.6 Å². The van der Waals surface area contributed by atoms with Crippen molar-refractivity contribution in [2.24, 2.45) is 5.92 Å². The maximum Gasteiger partial charge on any atom is 0.239 e. The van der Waals surface area contributed by atoms with E-state index in [1.54, 1.807) is 6.92 Å². The van der Waals surface area contributed by atoms with Crippen molar-refractivity contribution < 1.29 is 5.11 Å². The molecule has 0 amide bonds. The van der Waals surface area contributed by atoms with Gasteiger partial charge in [0.05, 0.1) is 18.2 Å². The van der Waals surface area contributed by atoms with E-state index in [1.807, 2.05) is 0 Å². The number of hydrogen-bond acceptors (Lipinski definition) is 6. The Labute approximate surface area is 81.4 Å². The van der Waals surface area contributed by atoms with Crippen molar-refractivity contribution in [2.75, 3.05) is 17.6 Å². The third-order valence-corrected chi connectivity index (χ3v) is 1.58. The van der Waals surface area contributed by atoms with Crippen LogP contribution >= 0.6 is 0 Å². The predicted octanol–water partition coefficient (Wildman–Crippen LogP) is 0.336. The van der Waals surface area contributed by atoms with Gasteiger partial charge in [-0.05, 0) is 6.92 Å². The molecule has 0 bridgehead atoms. The zero-order valence-corrected chi connectivity index (χ0v) is 7.73. The second-order valence-corrected chi connectivity index (χ2v) is 2.88. The highest BCUT2D eigenvalue weighted by Crippen LogP contribution is 2.15. The highest BCUT2D eigenvalue weighted by molar-refractivity contribution is 5.47. The first-order valence-corrected chi connectivity index (χ1v) is 4.08. The summed E-state index contributed by atoms with van der Waals surface area (Å²) in [7, 11) is 0. The normalized spacial score (nSPS) is 11.7. The van der Waals surface area contributed by atoms with Gasteiger partial charge in [-0.25, -0.2) is 4.98 Å². The summed E-state index contributed by atoms with van der Waals surface area (Å²) in [5.74, 6) is -0.135. The molecule has 0 saturated carbocycles. The summed E-state index contributed by atoms with van der Waals surface area (Å²) in [5.41, 5.74) is 5.44. The first-order chi connectivity index (χ1) is 6.63. The van der Waals surface area contributed by atoms with Crippen LogP contribution in [0.2, 0.25) is 0 Å². The summed E-state index contributed by atoms with van der Waals surface area (Å²) < 4.78 is 0. The first-order valence-electron chi connectivity index (χ1n) is 4.08. The van der Waals surface area contributed by atoms with Crippen LogP contribution in [0.1, 0.15) is 6.92 Å². The molecule has 0 radical (unpaired) electrons. The van der Waals surface area contributed by atoms with Gasteiger partial charge in [0, 0.05) is 6.54 Å². The summed E-state index contributed by atoms with van der Waals surface area (Å²) in [6.45, 7) is 2.20. The number of hydrogen-bond donors (Lipinski definition) is 3. The number of nitrogens with one attached hydrogen (secondary N) is 1. The summed E-state index contributed by atoms with van der Waals surface area (Å²) in [6.07, 6.45) is 1.31. The minimum atomic E-state index is -0.257. The number of nitrogens with zero attached hydrogens (tertiary/aromatic N) is 3. The summed E-state index contributed by atoms with van der Waals surface area (Å²) in [6, 6.07) is 2.06. The van der Waals surface area contributed by atoms with Crippen LogP contribution in [0, 0.1) is 17.2 Å². The van der Waals surface area contributed by atoms with Crippen molar-refractivity contribution in [1.82, 2.24) is 9.97 Å². The number of aromatic nitrogens is 2. The average molecular weight is 193 g/mol. The van der Waals surface area contributed by atoms with E-state index in [0.29, 0.717) is 6.54 Å². The largest absolute Gasteiger partial charge is 0.492 e. The standard InChI is InChI=1S/C8H11N5O/c1-5(2-9)3-11-8-12-4-6(10)7(14)13-8/h4-5H,3,10H2,1H3,(H2,11,12,13,14). The van der Waals surface area contributed by atoms with E-state index in [0.717, 1.165) is 0 Å². The van der Waals surface area contributed by atoms with Gasteiger partial charge in [-0.3, -0.25) is 0 Å². The van der Waals surface area contributed by atoms with Crippen LogP contribution < -0.4 is 11.1 Å². The molecule has 0 aliphatic rings. The van der Waals surface area contributed by atoms with E-state index in [4.69, 9.17) is 16.1 Å². The summed E-state index contributed by atoms with van der Waals surface area (Å²) in [4.78, 5) is 7.51. The van der Waals surface area contributed by atoms with Crippen molar-refractivity contribution in [3.05, 3.63) is 6.20 Å². The number of rotatable bonds is 3. The molecule has 6 heteroatoms. The Morgan fingerprint density at radius 3 is 3.07 bits per heavy atom. The molecule has 0 spiro atoms. The molecular formula is C8H11N5O. The highest BCUT2D eigenvalue weighted by Gasteiger charge is 2.03. The molecule has 14 heavy (non-hydrogen) atoms. The average Bonchev–Trinajstić information content (AvgIpc) is 2.19. The fourth-order valence-electron chi connectivity index (χ4n) is 0.757. The number of nitrogen functional groups attached to an aromatic ring is 1. The topological polar surface area (TPSA) is 108 Å². The fourth-order valence-corrected chi connectivity index (χ4v) is 0.757. The Morgan fingerprint density at radius 1 is 1.79 bits per heavy atom. The van der Waals surface area contributed by atoms with Crippen LogP contribution in [0.15, 0.2) is 6.20 Å². The van der Waals surface area contributed by atoms with Gasteiger partial charge in [-0.1, -0.05) is 0 Å². The summed E-state index contributed by atoms with van der Waals surface area (Å²) >= 11 is 0. The van der Waals surface area contributed by atoms with Gasteiger partial charge in [0.25, 0.3) is 0 Å². The molecule has 1 aromatic heterocycles. The van der Waals surface area contributed by atoms with Crippen LogP contribution in [0.5, 0.6) is 5.88 Å². The molecule has 6 nitrogen and oxygen atoms in total. The predicted molar refractivity (Wildman–Crippen MR) is 51.4 cm³/mol. The monoisotopic (exact) mass is 193 g/mol. The molecule has 0 saturated heterocycles. The highest BCUT2D eigenvalue weighted by atomic mass is 16.3. The van der Waals surface area contributed by atoms with Crippen molar-refractivity contribution >= 4 is 11.6 Å².